The highest BCUT2D eigenvalue weighted by molar-refractivity contribution is 6.03. The summed E-state index contributed by atoms with van der Waals surface area (Å²) in [5.74, 6) is 0.916. The molecule has 0 bridgehead atoms. The van der Waals surface area contributed by atoms with Crippen LogP contribution in [0.5, 0.6) is 11.5 Å². The second kappa shape index (κ2) is 9.05. The van der Waals surface area contributed by atoms with Gasteiger partial charge >= 0.3 is 0 Å². The molecule has 0 aromatic heterocycles. The first kappa shape index (κ1) is 20.8. The number of halogens is 1. The number of nitrogens with zero attached hydrogens (tertiary/aromatic N) is 3. The van der Waals surface area contributed by atoms with Gasteiger partial charge in [-0.3, -0.25) is 9.69 Å². The van der Waals surface area contributed by atoms with Gasteiger partial charge in [0.05, 0.1) is 32.5 Å². The zero-order valence-corrected chi connectivity index (χ0v) is 17.2. The van der Waals surface area contributed by atoms with E-state index >= 15 is 0 Å². The van der Waals surface area contributed by atoms with Crippen LogP contribution < -0.4 is 9.47 Å². The summed E-state index contributed by atoms with van der Waals surface area (Å²) in [6, 6.07) is 11.3. The Labute approximate surface area is 170 Å². The number of amides is 1. The number of carbonyl (C=O) groups excluding carboxylic acids is 1. The number of likely N-dealkylation sites (N-methyl/N-ethyl adjacent to an activating group) is 1. The molecule has 7 heteroatoms. The topological polar surface area (TPSA) is 54.4 Å². The van der Waals surface area contributed by atoms with Crippen LogP contribution in [0.2, 0.25) is 0 Å². The average Bonchev–Trinajstić information content (AvgIpc) is 3.19. The minimum Gasteiger partial charge on any atom is -0.497 e. The van der Waals surface area contributed by atoms with Crippen LogP contribution in [0.4, 0.5) is 4.39 Å². The van der Waals surface area contributed by atoms with Gasteiger partial charge in [0, 0.05) is 12.0 Å². The number of methoxy groups -OCH3 is 2. The third-order valence-electron chi connectivity index (χ3n) is 5.08. The van der Waals surface area contributed by atoms with E-state index in [1.165, 1.54) is 17.1 Å². The molecule has 1 atom stereocenters. The molecule has 0 fully saturated rings. The van der Waals surface area contributed by atoms with E-state index in [1.807, 2.05) is 37.1 Å². The molecule has 0 radical (unpaired) electrons. The summed E-state index contributed by atoms with van der Waals surface area (Å²) in [6.07, 6.45) is 0.497. The van der Waals surface area contributed by atoms with Crippen LogP contribution >= 0.6 is 0 Å². The van der Waals surface area contributed by atoms with Gasteiger partial charge in [0.2, 0.25) is 0 Å². The molecule has 1 amide bonds. The Kier molecular flexibility index (Phi) is 6.49. The summed E-state index contributed by atoms with van der Waals surface area (Å²) in [5, 5.41) is 6.13. The minimum absolute atomic E-state index is 0.110. The average molecular weight is 399 g/mol. The molecule has 6 nitrogen and oxygen atoms in total. The number of rotatable bonds is 7. The quantitative estimate of drug-likeness (QED) is 0.715. The van der Waals surface area contributed by atoms with E-state index in [1.54, 1.807) is 26.4 Å². The number of hydrazone groups is 1. The van der Waals surface area contributed by atoms with Gasteiger partial charge in [0.15, 0.2) is 0 Å². The standard InChI is InChI=1S/C22H26FN3O3/c1-5-25(2)14-22(27)26-20(18-12-17(28-3)10-11-21(18)29-4)13-19(24-26)15-6-8-16(23)9-7-15/h6-12,20H,5,13-14H2,1-4H3. The van der Waals surface area contributed by atoms with Crippen molar-refractivity contribution in [2.75, 3.05) is 34.4 Å². The Bertz CT molecular complexity index is 899. The van der Waals surface area contributed by atoms with Crippen LogP contribution in [-0.4, -0.2) is 55.9 Å². The van der Waals surface area contributed by atoms with Crippen molar-refractivity contribution in [1.82, 2.24) is 9.91 Å². The Balaban J connectivity index is 2.00. The van der Waals surface area contributed by atoms with E-state index in [-0.39, 0.29) is 24.3 Å². The first-order valence-corrected chi connectivity index (χ1v) is 9.52. The second-order valence-corrected chi connectivity index (χ2v) is 6.95. The summed E-state index contributed by atoms with van der Waals surface area (Å²) in [4.78, 5) is 15.0. The summed E-state index contributed by atoms with van der Waals surface area (Å²) >= 11 is 0. The van der Waals surface area contributed by atoms with E-state index in [9.17, 15) is 9.18 Å². The van der Waals surface area contributed by atoms with Gasteiger partial charge in [-0.1, -0.05) is 19.1 Å². The van der Waals surface area contributed by atoms with Crippen molar-refractivity contribution < 1.29 is 18.7 Å². The molecular formula is C22H26FN3O3. The van der Waals surface area contributed by atoms with Gasteiger partial charge in [-0.2, -0.15) is 5.10 Å². The Morgan fingerprint density at radius 2 is 1.93 bits per heavy atom. The normalized spacial score (nSPS) is 16.1. The summed E-state index contributed by atoms with van der Waals surface area (Å²) < 4.78 is 24.3. The molecule has 3 rings (SSSR count). The van der Waals surface area contributed by atoms with Crippen molar-refractivity contribution in [1.29, 1.82) is 0 Å². The van der Waals surface area contributed by atoms with Gasteiger partial charge in [-0.15, -0.1) is 0 Å². The van der Waals surface area contributed by atoms with Gasteiger partial charge in [0.25, 0.3) is 5.91 Å². The molecule has 0 saturated heterocycles. The van der Waals surface area contributed by atoms with Crippen molar-refractivity contribution >= 4 is 11.6 Å². The summed E-state index contributed by atoms with van der Waals surface area (Å²) in [5.41, 5.74) is 2.34. The summed E-state index contributed by atoms with van der Waals surface area (Å²) in [7, 11) is 5.08. The lowest BCUT2D eigenvalue weighted by Crippen LogP contribution is -2.36. The Morgan fingerprint density at radius 3 is 2.55 bits per heavy atom. The lowest BCUT2D eigenvalue weighted by Gasteiger charge is -2.25. The van der Waals surface area contributed by atoms with Crippen LogP contribution in [-0.2, 0) is 4.79 Å². The van der Waals surface area contributed by atoms with Gasteiger partial charge in [-0.05, 0) is 49.5 Å². The highest BCUT2D eigenvalue weighted by Gasteiger charge is 2.35. The van der Waals surface area contributed by atoms with E-state index in [0.29, 0.717) is 17.9 Å². The molecular weight excluding hydrogens is 373 g/mol. The predicted octanol–water partition coefficient (Wildman–Crippen LogP) is 3.47. The van der Waals surface area contributed by atoms with Crippen LogP contribution in [0, 0.1) is 5.82 Å². The van der Waals surface area contributed by atoms with Gasteiger partial charge < -0.3 is 9.47 Å². The van der Waals surface area contributed by atoms with E-state index < -0.39 is 0 Å². The van der Waals surface area contributed by atoms with Crippen LogP contribution in [0.1, 0.15) is 30.5 Å². The predicted molar refractivity (Wildman–Crippen MR) is 110 cm³/mol. The zero-order chi connectivity index (χ0) is 21.0. The van der Waals surface area contributed by atoms with Crippen LogP contribution in [0.3, 0.4) is 0 Å². The second-order valence-electron chi connectivity index (χ2n) is 6.95. The Morgan fingerprint density at radius 1 is 1.21 bits per heavy atom. The molecule has 1 unspecified atom stereocenters. The third-order valence-corrected chi connectivity index (χ3v) is 5.08. The van der Waals surface area contributed by atoms with Gasteiger partial charge in [-0.25, -0.2) is 9.40 Å². The van der Waals surface area contributed by atoms with Crippen molar-refractivity contribution in [3.63, 3.8) is 0 Å². The highest BCUT2D eigenvalue weighted by Crippen LogP contribution is 2.39. The van der Waals surface area contributed by atoms with E-state index in [2.05, 4.69) is 5.10 Å². The molecule has 1 heterocycles. The zero-order valence-electron chi connectivity index (χ0n) is 17.2. The molecule has 2 aromatic carbocycles. The molecule has 0 aliphatic carbocycles. The molecule has 2 aromatic rings. The van der Waals surface area contributed by atoms with Crippen molar-refractivity contribution in [3.05, 3.63) is 59.4 Å². The van der Waals surface area contributed by atoms with E-state index in [4.69, 9.17) is 9.47 Å². The monoisotopic (exact) mass is 399 g/mol. The number of hydrogen-bond acceptors (Lipinski definition) is 5. The smallest absolute Gasteiger partial charge is 0.257 e. The number of ether oxygens (including phenoxy) is 2. The SMILES string of the molecule is CCN(C)CC(=O)N1N=C(c2ccc(F)cc2)CC1c1cc(OC)ccc1OC. The molecule has 1 aliphatic heterocycles. The molecule has 154 valence electrons. The Hall–Kier alpha value is -2.93. The largest absolute Gasteiger partial charge is 0.497 e. The third kappa shape index (κ3) is 4.56. The highest BCUT2D eigenvalue weighted by atomic mass is 19.1. The molecule has 1 aliphatic rings. The number of carbonyl (C=O) groups is 1. The van der Waals surface area contributed by atoms with Crippen molar-refractivity contribution in [2.45, 2.75) is 19.4 Å². The maximum Gasteiger partial charge on any atom is 0.257 e. The maximum absolute atomic E-state index is 13.3. The minimum atomic E-state index is -0.335. The maximum atomic E-state index is 13.3. The fourth-order valence-corrected chi connectivity index (χ4v) is 3.31. The summed E-state index contributed by atoms with van der Waals surface area (Å²) in [6.45, 7) is 2.99. The van der Waals surface area contributed by atoms with Crippen molar-refractivity contribution in [3.8, 4) is 11.5 Å². The van der Waals surface area contributed by atoms with E-state index in [0.717, 1.165) is 23.4 Å². The number of hydrogen-bond donors (Lipinski definition) is 0. The number of benzene rings is 2. The van der Waals surface area contributed by atoms with Crippen LogP contribution in [0.25, 0.3) is 0 Å². The molecule has 0 N–H and O–H groups in total. The van der Waals surface area contributed by atoms with Crippen molar-refractivity contribution in [2.24, 2.45) is 5.10 Å². The van der Waals surface area contributed by atoms with Crippen LogP contribution in [0.15, 0.2) is 47.6 Å². The fourth-order valence-electron chi connectivity index (χ4n) is 3.31. The molecule has 0 saturated carbocycles. The lowest BCUT2D eigenvalue weighted by molar-refractivity contribution is -0.133. The first-order valence-electron chi connectivity index (χ1n) is 9.52. The van der Waals surface area contributed by atoms with Gasteiger partial charge in [0.1, 0.15) is 17.3 Å². The fraction of sp³-hybridized carbons (Fsp3) is 0.364. The first-order chi connectivity index (χ1) is 14.0. The molecule has 0 spiro atoms. The molecule has 29 heavy (non-hydrogen) atoms. The lowest BCUT2D eigenvalue weighted by atomic mass is 9.97.